The van der Waals surface area contributed by atoms with Crippen LogP contribution in [0.5, 0.6) is 11.5 Å². The van der Waals surface area contributed by atoms with Crippen molar-refractivity contribution in [2.75, 3.05) is 19.7 Å². The van der Waals surface area contributed by atoms with Crippen LogP contribution in [0.4, 0.5) is 4.79 Å². The van der Waals surface area contributed by atoms with Gasteiger partial charge in [0.2, 0.25) is 0 Å². The zero-order chi connectivity index (χ0) is 22.0. The molecule has 1 amide bonds. The van der Waals surface area contributed by atoms with Crippen LogP contribution in [0.15, 0.2) is 47.5 Å². The molecule has 1 fully saturated rings. The van der Waals surface area contributed by atoms with Crippen molar-refractivity contribution in [3.63, 3.8) is 0 Å². The lowest BCUT2D eigenvalue weighted by Crippen LogP contribution is -2.99. The molecule has 7 nitrogen and oxygen atoms in total. The lowest BCUT2D eigenvalue weighted by Gasteiger charge is -2.41. The first-order chi connectivity index (χ1) is 14.9. The molecule has 4 rings (SSSR count). The number of hydrogen-bond acceptors (Lipinski definition) is 5. The Labute approximate surface area is 186 Å². The average molecular weight is 445 g/mol. The number of aliphatic imine (C=N–C) groups is 1. The molecule has 2 aliphatic rings. The highest BCUT2D eigenvalue weighted by Gasteiger charge is 2.45. The Morgan fingerprint density at radius 1 is 1.23 bits per heavy atom. The standard InChI is InChI=1S/C23H26ClN3O4/c1-2-31-22(30)27-11-9-23(10-12-27)25-18(16-5-3-4-6-20(16)28)14-19(26-23)17-13-15(24)7-8-21(17)29/h3-8,13,18,25,28-29H,2,9-12,14H2,1H3/p+1. The number of aromatic hydroxyl groups is 2. The maximum Gasteiger partial charge on any atom is 0.409 e. The number of benzene rings is 2. The summed E-state index contributed by atoms with van der Waals surface area (Å²) in [6.07, 6.45) is 1.51. The van der Waals surface area contributed by atoms with Gasteiger partial charge in [-0.2, -0.15) is 0 Å². The fourth-order valence-electron chi connectivity index (χ4n) is 4.47. The molecule has 2 heterocycles. The van der Waals surface area contributed by atoms with Crippen LogP contribution in [0.2, 0.25) is 5.02 Å². The van der Waals surface area contributed by atoms with Gasteiger partial charge < -0.3 is 25.2 Å². The number of carbonyl (C=O) groups excluding carboxylic acids is 1. The van der Waals surface area contributed by atoms with Crippen molar-refractivity contribution >= 4 is 23.4 Å². The van der Waals surface area contributed by atoms with E-state index in [4.69, 9.17) is 21.3 Å². The summed E-state index contributed by atoms with van der Waals surface area (Å²) in [7, 11) is 0. The van der Waals surface area contributed by atoms with E-state index < -0.39 is 5.66 Å². The summed E-state index contributed by atoms with van der Waals surface area (Å²) in [4.78, 5) is 18.9. The fraction of sp³-hybridized carbons (Fsp3) is 0.391. The maximum absolute atomic E-state index is 12.1. The molecule has 2 aliphatic heterocycles. The summed E-state index contributed by atoms with van der Waals surface area (Å²) in [6, 6.07) is 12.2. The van der Waals surface area contributed by atoms with Gasteiger partial charge >= 0.3 is 6.09 Å². The van der Waals surface area contributed by atoms with E-state index in [0.717, 1.165) is 11.3 Å². The molecule has 2 aromatic rings. The number of para-hydroxylation sites is 1. The summed E-state index contributed by atoms with van der Waals surface area (Å²) in [5.74, 6) is 0.361. The van der Waals surface area contributed by atoms with Crippen molar-refractivity contribution in [1.29, 1.82) is 0 Å². The highest BCUT2D eigenvalue weighted by atomic mass is 35.5. The average Bonchev–Trinajstić information content (AvgIpc) is 2.76. The van der Waals surface area contributed by atoms with Crippen LogP contribution in [0, 0.1) is 0 Å². The van der Waals surface area contributed by atoms with E-state index in [-0.39, 0.29) is 23.6 Å². The van der Waals surface area contributed by atoms with Crippen molar-refractivity contribution in [3.8, 4) is 11.5 Å². The van der Waals surface area contributed by atoms with Crippen LogP contribution in [0.1, 0.15) is 43.4 Å². The summed E-state index contributed by atoms with van der Waals surface area (Å²) in [5, 5.41) is 23.7. The molecule has 1 saturated heterocycles. The number of nitrogens with two attached hydrogens (primary N) is 1. The van der Waals surface area contributed by atoms with Crippen molar-refractivity contribution in [2.45, 2.75) is 37.9 Å². The predicted molar refractivity (Wildman–Crippen MR) is 118 cm³/mol. The molecule has 1 atom stereocenters. The lowest BCUT2D eigenvalue weighted by molar-refractivity contribution is -0.766. The van der Waals surface area contributed by atoms with E-state index in [2.05, 4.69) is 5.32 Å². The Morgan fingerprint density at radius 2 is 1.97 bits per heavy atom. The molecule has 1 unspecified atom stereocenters. The van der Waals surface area contributed by atoms with Gasteiger partial charge in [0.15, 0.2) is 5.66 Å². The van der Waals surface area contributed by atoms with E-state index in [1.54, 1.807) is 42.2 Å². The summed E-state index contributed by atoms with van der Waals surface area (Å²) < 4.78 is 5.14. The number of halogens is 1. The normalized spacial score (nSPS) is 20.4. The van der Waals surface area contributed by atoms with E-state index in [1.165, 1.54) is 0 Å². The number of piperidine rings is 1. The lowest BCUT2D eigenvalue weighted by atomic mass is 9.87. The number of carbonyl (C=O) groups is 1. The molecule has 31 heavy (non-hydrogen) atoms. The van der Waals surface area contributed by atoms with Crippen LogP contribution in [0.3, 0.4) is 0 Å². The van der Waals surface area contributed by atoms with E-state index in [9.17, 15) is 15.0 Å². The third-order valence-corrected chi connectivity index (χ3v) is 6.28. The molecule has 2 aromatic carbocycles. The number of quaternary nitrogens is 1. The number of amides is 1. The highest BCUT2D eigenvalue weighted by molar-refractivity contribution is 6.31. The molecule has 0 saturated carbocycles. The third-order valence-electron chi connectivity index (χ3n) is 6.04. The van der Waals surface area contributed by atoms with Gasteiger partial charge in [0.05, 0.1) is 17.9 Å². The molecule has 8 heteroatoms. The number of rotatable bonds is 3. The van der Waals surface area contributed by atoms with Crippen molar-refractivity contribution in [3.05, 3.63) is 58.6 Å². The molecule has 0 aliphatic carbocycles. The number of hydrogen-bond donors (Lipinski definition) is 3. The Bertz CT molecular complexity index is 1000. The van der Waals surface area contributed by atoms with E-state index in [0.29, 0.717) is 49.5 Å². The van der Waals surface area contributed by atoms with Crippen LogP contribution in [-0.2, 0) is 4.74 Å². The van der Waals surface area contributed by atoms with Gasteiger partial charge in [0.25, 0.3) is 0 Å². The van der Waals surface area contributed by atoms with E-state index >= 15 is 0 Å². The Hall–Kier alpha value is -2.77. The van der Waals surface area contributed by atoms with Crippen molar-refractivity contribution < 1.29 is 25.1 Å². The SMILES string of the molecule is CCOC(=O)N1CCC2(CC1)N=C(c1cc(Cl)ccc1O)CC(c1ccccc1O)[NH2+]2. The molecule has 4 N–H and O–H groups in total. The molecule has 1 spiro atoms. The minimum Gasteiger partial charge on any atom is -0.507 e. The Kier molecular flexibility index (Phi) is 6.07. The summed E-state index contributed by atoms with van der Waals surface area (Å²) in [5.41, 5.74) is 1.68. The second kappa shape index (κ2) is 8.77. The largest absolute Gasteiger partial charge is 0.507 e. The summed E-state index contributed by atoms with van der Waals surface area (Å²) >= 11 is 6.20. The van der Waals surface area contributed by atoms with E-state index in [1.807, 2.05) is 12.1 Å². The smallest absolute Gasteiger partial charge is 0.409 e. The zero-order valence-electron chi connectivity index (χ0n) is 17.4. The van der Waals surface area contributed by atoms with Gasteiger partial charge in [-0.15, -0.1) is 0 Å². The number of nitrogens with zero attached hydrogens (tertiary/aromatic N) is 2. The number of likely N-dealkylation sites (tertiary alicyclic amines) is 1. The monoisotopic (exact) mass is 444 g/mol. The van der Waals surface area contributed by atoms with Crippen molar-refractivity contribution in [2.24, 2.45) is 4.99 Å². The Balaban J connectivity index is 1.69. The number of phenolic OH excluding ortho intramolecular Hbond substituents is 2. The number of phenols is 2. The molecule has 0 bridgehead atoms. The fourth-order valence-corrected chi connectivity index (χ4v) is 4.65. The first-order valence-corrected chi connectivity index (χ1v) is 10.9. The first kappa shape index (κ1) is 21.5. The third kappa shape index (κ3) is 4.48. The molecular weight excluding hydrogens is 418 g/mol. The van der Waals surface area contributed by atoms with Gasteiger partial charge in [-0.05, 0) is 37.3 Å². The minimum atomic E-state index is -0.502. The minimum absolute atomic E-state index is 0.0822. The molecular formula is C23H27ClN3O4+. The van der Waals surface area contributed by atoms with Gasteiger partial charge in [0.1, 0.15) is 17.5 Å². The topological polar surface area (TPSA) is 99.0 Å². The van der Waals surface area contributed by atoms with Crippen LogP contribution >= 0.6 is 11.6 Å². The maximum atomic E-state index is 12.1. The number of ether oxygens (including phenoxy) is 1. The van der Waals surface area contributed by atoms with Crippen LogP contribution in [-0.4, -0.2) is 52.3 Å². The second-order valence-electron chi connectivity index (χ2n) is 8.05. The van der Waals surface area contributed by atoms with Crippen LogP contribution in [0.25, 0.3) is 0 Å². The quantitative estimate of drug-likeness (QED) is 0.677. The second-order valence-corrected chi connectivity index (χ2v) is 8.48. The van der Waals surface area contributed by atoms with Gasteiger partial charge in [-0.3, -0.25) is 0 Å². The van der Waals surface area contributed by atoms with Gasteiger partial charge in [-0.25, -0.2) is 9.79 Å². The molecule has 164 valence electrons. The molecule has 0 aromatic heterocycles. The van der Waals surface area contributed by atoms with Crippen molar-refractivity contribution in [1.82, 2.24) is 4.90 Å². The predicted octanol–water partition coefficient (Wildman–Crippen LogP) is 3.20. The van der Waals surface area contributed by atoms with Gasteiger partial charge in [-0.1, -0.05) is 23.7 Å². The Morgan fingerprint density at radius 3 is 2.68 bits per heavy atom. The first-order valence-electron chi connectivity index (χ1n) is 10.5. The highest BCUT2D eigenvalue weighted by Crippen LogP contribution is 2.34. The molecule has 0 radical (unpaired) electrons. The zero-order valence-corrected chi connectivity index (χ0v) is 18.2. The van der Waals surface area contributed by atoms with Gasteiger partial charge in [0, 0.05) is 42.9 Å². The summed E-state index contributed by atoms with van der Waals surface area (Å²) in [6.45, 7) is 3.20. The van der Waals surface area contributed by atoms with Crippen LogP contribution < -0.4 is 5.32 Å².